The summed E-state index contributed by atoms with van der Waals surface area (Å²) in [6.07, 6.45) is 0.982. The van der Waals surface area contributed by atoms with Crippen LogP contribution in [0.3, 0.4) is 0 Å². The van der Waals surface area contributed by atoms with Gasteiger partial charge in [0.1, 0.15) is 41.5 Å². The van der Waals surface area contributed by atoms with Crippen molar-refractivity contribution in [1.82, 2.24) is 15.2 Å². The van der Waals surface area contributed by atoms with Crippen molar-refractivity contribution in [1.29, 1.82) is 0 Å². The summed E-state index contributed by atoms with van der Waals surface area (Å²) < 4.78 is 22.7. The summed E-state index contributed by atoms with van der Waals surface area (Å²) in [4.78, 5) is 25.8. The topological polar surface area (TPSA) is 104 Å². The largest absolute Gasteiger partial charge is 0.493 e. The Morgan fingerprint density at radius 1 is 0.867 bits per heavy atom. The summed E-state index contributed by atoms with van der Waals surface area (Å²) in [5.74, 6) is 1.36. The summed E-state index contributed by atoms with van der Waals surface area (Å²) in [7, 11) is 0. The molecule has 0 unspecified atom stereocenters. The first-order chi connectivity index (χ1) is 21.9. The van der Waals surface area contributed by atoms with Gasteiger partial charge in [0.15, 0.2) is 6.29 Å². The number of rotatable bonds is 14. The van der Waals surface area contributed by atoms with Crippen LogP contribution in [0.15, 0.2) is 77.4 Å². The molecule has 45 heavy (non-hydrogen) atoms. The molecule has 5 aromatic rings. The van der Waals surface area contributed by atoms with E-state index in [1.807, 2.05) is 62.4 Å². The van der Waals surface area contributed by atoms with Gasteiger partial charge in [-0.25, -0.2) is 4.63 Å². The van der Waals surface area contributed by atoms with E-state index in [9.17, 15) is 9.59 Å². The number of carbonyl (C=O) groups excluding carboxylic acids is 2. The maximum absolute atomic E-state index is 12.3. The number of nitrogens with zero attached hydrogens (tertiary/aromatic N) is 3. The molecule has 0 saturated carbocycles. The highest BCUT2D eigenvalue weighted by molar-refractivity contribution is 6.34. The Labute approximate surface area is 270 Å². The van der Waals surface area contributed by atoms with Crippen LogP contribution in [0, 0.1) is 0 Å². The van der Waals surface area contributed by atoms with Gasteiger partial charge in [-0.2, -0.15) is 0 Å². The number of halogens is 2. The average Bonchev–Trinajstić information content (AvgIpc) is 3.53. The van der Waals surface area contributed by atoms with Gasteiger partial charge in [-0.3, -0.25) is 9.59 Å². The number of benzene rings is 4. The minimum absolute atomic E-state index is 0.0639. The lowest BCUT2D eigenvalue weighted by Gasteiger charge is -2.18. The lowest BCUT2D eigenvalue weighted by molar-refractivity contribution is -0.131. The number of ether oxygens (including phenoxy) is 3. The van der Waals surface area contributed by atoms with Crippen molar-refractivity contribution in [2.75, 3.05) is 19.7 Å². The van der Waals surface area contributed by atoms with Gasteiger partial charge in [-0.15, -0.1) is 0 Å². The van der Waals surface area contributed by atoms with Crippen LogP contribution in [0.25, 0.3) is 22.2 Å². The minimum Gasteiger partial charge on any atom is -0.493 e. The predicted octanol–water partition coefficient (Wildman–Crippen LogP) is 7.80. The molecule has 9 nitrogen and oxygen atoms in total. The zero-order valence-corrected chi connectivity index (χ0v) is 26.3. The normalized spacial score (nSPS) is 10.9. The maximum Gasteiger partial charge on any atom is 0.225 e. The van der Waals surface area contributed by atoms with Gasteiger partial charge in [-0.05, 0) is 65.6 Å². The van der Waals surface area contributed by atoms with Crippen LogP contribution in [0.2, 0.25) is 10.0 Å². The Hall–Kier alpha value is -4.60. The molecule has 0 fully saturated rings. The van der Waals surface area contributed by atoms with Gasteiger partial charge in [-0.1, -0.05) is 59.6 Å². The number of carbonyl (C=O) groups is 2. The highest BCUT2D eigenvalue weighted by Gasteiger charge is 2.15. The number of hydrogen-bond donors (Lipinski definition) is 0. The zero-order valence-electron chi connectivity index (χ0n) is 24.8. The van der Waals surface area contributed by atoms with Gasteiger partial charge < -0.3 is 19.1 Å². The lowest BCUT2D eigenvalue weighted by Crippen LogP contribution is -2.31. The Kier molecular flexibility index (Phi) is 10.5. The zero-order chi connectivity index (χ0) is 31.8. The molecule has 0 aliphatic heterocycles. The number of hydrogen-bond acceptors (Lipinski definition) is 8. The van der Waals surface area contributed by atoms with Gasteiger partial charge in [0.05, 0.1) is 28.6 Å². The van der Waals surface area contributed by atoms with E-state index in [-0.39, 0.29) is 36.3 Å². The third-order valence-corrected chi connectivity index (χ3v) is 7.95. The van der Waals surface area contributed by atoms with Gasteiger partial charge in [0.2, 0.25) is 5.91 Å². The fourth-order valence-electron chi connectivity index (χ4n) is 4.77. The van der Waals surface area contributed by atoms with E-state index in [0.29, 0.717) is 59.1 Å². The second-order valence-electron chi connectivity index (χ2n) is 10.1. The summed E-state index contributed by atoms with van der Waals surface area (Å²) in [6.45, 7) is 5.84. The molecule has 0 aliphatic rings. The van der Waals surface area contributed by atoms with E-state index in [0.717, 1.165) is 22.3 Å². The molecular formula is C34H31Cl2N3O6. The van der Waals surface area contributed by atoms with Crippen LogP contribution in [0.4, 0.5) is 0 Å². The second kappa shape index (κ2) is 14.9. The molecule has 0 atom stereocenters. The Morgan fingerprint density at radius 3 is 2.44 bits per heavy atom. The number of aldehydes is 1. The van der Waals surface area contributed by atoms with Crippen LogP contribution in [-0.4, -0.2) is 47.1 Å². The second-order valence-corrected chi connectivity index (χ2v) is 10.9. The minimum atomic E-state index is 0.0639. The molecule has 232 valence electrons. The quantitative estimate of drug-likeness (QED) is 0.112. The molecule has 0 saturated heterocycles. The van der Waals surface area contributed by atoms with Gasteiger partial charge in [0, 0.05) is 30.3 Å². The molecule has 0 N–H and O–H groups in total. The fourth-order valence-corrected chi connectivity index (χ4v) is 5.29. The maximum atomic E-state index is 12.3. The summed E-state index contributed by atoms with van der Waals surface area (Å²) in [6, 6.07) is 21.7. The van der Waals surface area contributed by atoms with Crippen molar-refractivity contribution in [3.8, 4) is 28.4 Å². The highest BCUT2D eigenvalue weighted by Crippen LogP contribution is 2.36. The average molecular weight is 649 g/mol. The summed E-state index contributed by atoms with van der Waals surface area (Å²) in [5.41, 5.74) is 4.74. The lowest BCUT2D eigenvalue weighted by atomic mass is 10.0. The molecular weight excluding hydrogens is 617 g/mol. The molecule has 0 radical (unpaired) electrons. The Morgan fingerprint density at radius 2 is 1.64 bits per heavy atom. The predicted molar refractivity (Wildman–Crippen MR) is 172 cm³/mol. The van der Waals surface area contributed by atoms with E-state index >= 15 is 0 Å². The van der Waals surface area contributed by atoms with Gasteiger partial charge in [0.25, 0.3) is 0 Å². The molecule has 0 spiro atoms. The van der Waals surface area contributed by atoms with Crippen molar-refractivity contribution in [3.05, 3.63) is 99.5 Å². The third-order valence-electron chi connectivity index (χ3n) is 7.21. The van der Waals surface area contributed by atoms with E-state index in [2.05, 4.69) is 10.3 Å². The van der Waals surface area contributed by atoms with Gasteiger partial charge >= 0.3 is 0 Å². The molecule has 0 bridgehead atoms. The third kappa shape index (κ3) is 7.74. The first kappa shape index (κ1) is 31.8. The fraction of sp³-hybridized carbons (Fsp3) is 0.235. The van der Waals surface area contributed by atoms with Crippen molar-refractivity contribution < 1.29 is 28.4 Å². The number of amides is 1. The summed E-state index contributed by atoms with van der Waals surface area (Å²) >= 11 is 13.3. The molecule has 1 aromatic heterocycles. The molecule has 1 heterocycles. The van der Waals surface area contributed by atoms with Crippen molar-refractivity contribution in [2.24, 2.45) is 0 Å². The van der Waals surface area contributed by atoms with Crippen LogP contribution in [0.1, 0.15) is 41.8 Å². The Balaban J connectivity index is 1.26. The van der Waals surface area contributed by atoms with Crippen LogP contribution < -0.4 is 14.2 Å². The van der Waals surface area contributed by atoms with E-state index in [4.69, 9.17) is 42.0 Å². The van der Waals surface area contributed by atoms with E-state index in [1.54, 1.807) is 23.1 Å². The highest BCUT2D eigenvalue weighted by atomic mass is 35.5. The van der Waals surface area contributed by atoms with Crippen molar-refractivity contribution >= 4 is 46.4 Å². The number of aromatic nitrogens is 2. The van der Waals surface area contributed by atoms with E-state index < -0.39 is 0 Å². The monoisotopic (exact) mass is 647 g/mol. The number of fused-ring (bicyclic) bond motifs is 1. The van der Waals surface area contributed by atoms with Crippen molar-refractivity contribution in [3.63, 3.8) is 0 Å². The molecule has 5 rings (SSSR count). The molecule has 1 amide bonds. The van der Waals surface area contributed by atoms with E-state index in [1.165, 1.54) is 6.07 Å². The van der Waals surface area contributed by atoms with Crippen LogP contribution in [0.5, 0.6) is 17.2 Å². The molecule has 0 aliphatic carbocycles. The first-order valence-electron chi connectivity index (χ1n) is 14.4. The molecule has 11 heteroatoms. The summed E-state index contributed by atoms with van der Waals surface area (Å²) in [5, 5.41) is 8.42. The Bertz CT molecular complexity index is 1800. The molecule has 4 aromatic carbocycles. The first-order valence-corrected chi connectivity index (χ1v) is 15.2. The van der Waals surface area contributed by atoms with Crippen LogP contribution in [-0.2, 0) is 18.0 Å². The van der Waals surface area contributed by atoms with Crippen molar-refractivity contribution in [2.45, 2.75) is 33.5 Å². The SMILES string of the molecule is CCN(CC)C(=O)CCOc1cccc(-c2cccc(COc3cc(OCc4ccc5nonc5c4)c(C=O)cc3Cl)c2Cl)c1. The standard InChI is InChI=1S/C34H31Cl2N3O6/c1-3-39(4-2)33(41)13-14-42-26-9-5-7-23(16-26)27-10-6-8-24(34(27)36)21-44-32-18-31(25(19-40)17-28(32)35)43-20-22-11-12-29-30(15-22)38-45-37-29/h5-12,15-19H,3-4,13-14,20-21H2,1-2H3. The smallest absolute Gasteiger partial charge is 0.225 e. The van der Waals surface area contributed by atoms with Crippen LogP contribution >= 0.6 is 23.2 Å².